The van der Waals surface area contributed by atoms with Gasteiger partial charge >= 0.3 is 6.18 Å². The smallest absolute Gasteiger partial charge is 0.399 e. The van der Waals surface area contributed by atoms with Gasteiger partial charge in [0.15, 0.2) is 0 Å². The Hall–Kier alpha value is -1.28. The molecule has 1 heterocycles. The van der Waals surface area contributed by atoms with Crippen LogP contribution in [0.1, 0.15) is 38.3 Å². The molecule has 1 unspecified atom stereocenters. The fourth-order valence-corrected chi connectivity index (χ4v) is 3.03. The Kier molecular flexibility index (Phi) is 5.73. The van der Waals surface area contributed by atoms with Crippen molar-refractivity contribution in [3.05, 3.63) is 34.4 Å². The van der Waals surface area contributed by atoms with Crippen molar-refractivity contribution in [2.75, 3.05) is 18.8 Å². The van der Waals surface area contributed by atoms with Gasteiger partial charge in [-0.1, -0.05) is 17.7 Å². The minimum absolute atomic E-state index is 0.0292. The molecule has 8 heteroatoms. The lowest BCUT2D eigenvalue weighted by Crippen LogP contribution is -2.43. The van der Waals surface area contributed by atoms with Crippen molar-refractivity contribution in [2.24, 2.45) is 0 Å². The van der Waals surface area contributed by atoms with Crippen LogP contribution in [0, 0.1) is 0 Å². The number of alkyl halides is 3. The van der Waals surface area contributed by atoms with E-state index in [0.29, 0.717) is 18.5 Å². The average molecular weight is 379 g/mol. The molecule has 1 aromatic carbocycles. The summed E-state index contributed by atoms with van der Waals surface area (Å²) in [4.78, 5) is 1.63. The Morgan fingerprint density at radius 2 is 1.92 bits per heavy atom. The Morgan fingerprint density at radius 1 is 1.28 bits per heavy atom. The summed E-state index contributed by atoms with van der Waals surface area (Å²) in [5, 5.41) is 10.1. The first-order valence-electron chi connectivity index (χ1n) is 7.84. The molecule has 0 bridgehead atoms. The normalized spacial score (nSPS) is 18.2. The molecule has 2 rings (SSSR count). The summed E-state index contributed by atoms with van der Waals surface area (Å²) in [5.74, 6) is 0. The predicted molar refractivity (Wildman–Crippen MR) is 91.9 cm³/mol. The number of ether oxygens (including phenoxy) is 1. The number of nitrogen functional groups attached to an aromatic ring is 1. The molecule has 4 nitrogen and oxygen atoms in total. The third-order valence-corrected chi connectivity index (χ3v) is 4.05. The molecule has 0 saturated carbocycles. The minimum atomic E-state index is -4.55. The summed E-state index contributed by atoms with van der Waals surface area (Å²) >= 11 is 6.05. The quantitative estimate of drug-likeness (QED) is 0.613. The molecule has 0 aliphatic carbocycles. The van der Waals surface area contributed by atoms with Crippen LogP contribution in [0.15, 0.2) is 18.2 Å². The summed E-state index contributed by atoms with van der Waals surface area (Å²) in [5.41, 5.74) is 4.54. The second-order valence-electron chi connectivity index (χ2n) is 6.95. The van der Waals surface area contributed by atoms with Crippen molar-refractivity contribution >= 4 is 22.9 Å². The fraction of sp³-hybridized carbons (Fsp3) is 0.529. The molecule has 1 atom stereocenters. The predicted octanol–water partition coefficient (Wildman–Crippen LogP) is 4.12. The highest BCUT2D eigenvalue weighted by Crippen LogP contribution is 2.41. The molecule has 0 radical (unpaired) electrons. The van der Waals surface area contributed by atoms with E-state index < -0.39 is 23.8 Å². The monoisotopic (exact) mass is 378 g/mol. The first-order chi connectivity index (χ1) is 11.4. The highest BCUT2D eigenvalue weighted by molar-refractivity contribution is 6.32. The number of hydrogen-bond donors (Lipinski definition) is 2. The lowest BCUT2D eigenvalue weighted by Gasteiger charge is -2.34. The van der Waals surface area contributed by atoms with Gasteiger partial charge in [0.25, 0.3) is 0 Å². The van der Waals surface area contributed by atoms with E-state index in [1.54, 1.807) is 11.0 Å². The van der Waals surface area contributed by atoms with E-state index in [9.17, 15) is 18.3 Å². The van der Waals surface area contributed by atoms with E-state index in [1.807, 2.05) is 20.8 Å². The highest BCUT2D eigenvalue weighted by atomic mass is 35.5. The maximum atomic E-state index is 13.3. The Bertz CT molecular complexity index is 669. The third kappa shape index (κ3) is 5.10. The number of benzene rings is 1. The SMILES string of the molecule is CC(C)(C)OC(O)N1CC=C(c2c(Cl)cc(N)cc2C(F)(F)F)CC1. The second kappa shape index (κ2) is 7.15. The average Bonchev–Trinajstić information content (AvgIpc) is 2.44. The number of aliphatic hydroxyl groups is 1. The summed E-state index contributed by atoms with van der Waals surface area (Å²) < 4.78 is 45.5. The van der Waals surface area contributed by atoms with Crippen LogP contribution in [0.25, 0.3) is 5.57 Å². The highest BCUT2D eigenvalue weighted by Gasteiger charge is 2.36. The van der Waals surface area contributed by atoms with Crippen molar-refractivity contribution in [1.29, 1.82) is 0 Å². The number of nitrogens with zero attached hydrogens (tertiary/aromatic N) is 1. The van der Waals surface area contributed by atoms with E-state index in [0.717, 1.165) is 6.07 Å². The molecular formula is C17H22ClF3N2O2. The van der Waals surface area contributed by atoms with E-state index >= 15 is 0 Å². The zero-order valence-electron chi connectivity index (χ0n) is 14.3. The van der Waals surface area contributed by atoms with E-state index in [2.05, 4.69) is 0 Å². The molecule has 3 N–H and O–H groups in total. The molecule has 1 aromatic rings. The van der Waals surface area contributed by atoms with Crippen molar-refractivity contribution in [3.8, 4) is 0 Å². The number of hydrogen-bond acceptors (Lipinski definition) is 4. The Morgan fingerprint density at radius 3 is 2.40 bits per heavy atom. The lowest BCUT2D eigenvalue weighted by atomic mass is 9.94. The number of halogens is 4. The summed E-state index contributed by atoms with van der Waals surface area (Å²) in [6.45, 7) is 6.03. The van der Waals surface area contributed by atoms with Gasteiger partial charge < -0.3 is 15.6 Å². The van der Waals surface area contributed by atoms with Gasteiger partial charge in [-0.2, -0.15) is 13.2 Å². The van der Waals surface area contributed by atoms with Crippen LogP contribution in [-0.4, -0.2) is 35.1 Å². The molecule has 0 spiro atoms. The van der Waals surface area contributed by atoms with Gasteiger partial charge in [0.05, 0.1) is 16.2 Å². The van der Waals surface area contributed by atoms with Gasteiger partial charge in [-0.3, -0.25) is 4.90 Å². The van der Waals surface area contributed by atoms with Crippen LogP contribution in [0.3, 0.4) is 0 Å². The molecule has 140 valence electrons. The van der Waals surface area contributed by atoms with Crippen LogP contribution in [0.4, 0.5) is 18.9 Å². The summed E-state index contributed by atoms with van der Waals surface area (Å²) in [6, 6.07) is 2.21. The standard InChI is InChI=1S/C17H22ClF3N2O2/c1-16(2,3)25-15(24)23-6-4-10(5-7-23)14-12(17(19,20)21)8-11(22)9-13(14)18/h4,8-9,15,24H,5-7,22H2,1-3H3. The number of rotatable bonds is 3. The summed E-state index contributed by atoms with van der Waals surface area (Å²) in [6.07, 6.45) is -3.74. The first kappa shape index (κ1) is 20.0. The third-order valence-electron chi connectivity index (χ3n) is 3.75. The molecule has 0 saturated heterocycles. The van der Waals surface area contributed by atoms with Crippen molar-refractivity contribution < 1.29 is 23.0 Å². The zero-order valence-corrected chi connectivity index (χ0v) is 15.1. The molecule has 1 aliphatic rings. The topological polar surface area (TPSA) is 58.7 Å². The molecule has 0 amide bonds. The number of nitrogens with two attached hydrogens (primary N) is 1. The second-order valence-corrected chi connectivity index (χ2v) is 7.36. The van der Waals surface area contributed by atoms with Gasteiger partial charge in [0.1, 0.15) is 0 Å². The molecule has 25 heavy (non-hydrogen) atoms. The van der Waals surface area contributed by atoms with Crippen LogP contribution in [0.5, 0.6) is 0 Å². The largest absolute Gasteiger partial charge is 0.417 e. The van der Waals surface area contributed by atoms with Crippen LogP contribution < -0.4 is 5.73 Å². The summed E-state index contributed by atoms with van der Waals surface area (Å²) in [7, 11) is 0. The minimum Gasteiger partial charge on any atom is -0.399 e. The van der Waals surface area contributed by atoms with Crippen LogP contribution >= 0.6 is 11.6 Å². The molecule has 0 aromatic heterocycles. The van der Waals surface area contributed by atoms with Crippen molar-refractivity contribution in [1.82, 2.24) is 4.90 Å². The maximum Gasteiger partial charge on any atom is 0.417 e. The van der Waals surface area contributed by atoms with E-state index in [-0.39, 0.29) is 22.8 Å². The Labute approximate surface area is 150 Å². The van der Waals surface area contributed by atoms with Crippen LogP contribution in [0.2, 0.25) is 5.02 Å². The lowest BCUT2D eigenvalue weighted by molar-refractivity contribution is -0.236. The number of aliphatic hydroxyl groups excluding tert-OH is 1. The maximum absolute atomic E-state index is 13.3. The van der Waals surface area contributed by atoms with Gasteiger partial charge in [-0.05, 0) is 44.9 Å². The first-order valence-corrected chi connectivity index (χ1v) is 8.22. The van der Waals surface area contributed by atoms with Gasteiger partial charge in [0.2, 0.25) is 6.41 Å². The van der Waals surface area contributed by atoms with Gasteiger partial charge in [-0.25, -0.2) is 0 Å². The van der Waals surface area contributed by atoms with Gasteiger partial charge in [0, 0.05) is 24.3 Å². The molecule has 1 aliphatic heterocycles. The van der Waals surface area contributed by atoms with Crippen molar-refractivity contribution in [2.45, 2.75) is 45.4 Å². The molecule has 0 fully saturated rings. The number of anilines is 1. The fourth-order valence-electron chi connectivity index (χ4n) is 2.68. The Balaban J connectivity index is 2.28. The van der Waals surface area contributed by atoms with Crippen LogP contribution in [-0.2, 0) is 10.9 Å². The van der Waals surface area contributed by atoms with E-state index in [4.69, 9.17) is 22.1 Å². The van der Waals surface area contributed by atoms with Gasteiger partial charge in [-0.15, -0.1) is 0 Å². The molecular weight excluding hydrogens is 357 g/mol. The van der Waals surface area contributed by atoms with E-state index in [1.165, 1.54) is 6.07 Å². The zero-order chi connectivity index (χ0) is 19.0. The van der Waals surface area contributed by atoms with Crippen molar-refractivity contribution in [3.63, 3.8) is 0 Å².